The minimum absolute atomic E-state index is 0.0214. The summed E-state index contributed by atoms with van der Waals surface area (Å²) in [5.41, 5.74) is 2.12. The maximum absolute atomic E-state index is 14.4. The van der Waals surface area contributed by atoms with Crippen LogP contribution in [-0.4, -0.2) is 96.4 Å². The van der Waals surface area contributed by atoms with Gasteiger partial charge in [0.15, 0.2) is 5.78 Å². The number of carbonyl (C=O) groups is 5. The number of ketones is 1. The molecule has 1 aromatic carbocycles. The zero-order valence-electron chi connectivity index (χ0n) is 30.4. The highest BCUT2D eigenvalue weighted by atomic mass is 32.2. The molecule has 1 saturated heterocycles. The number of sulfonamides is 1. The molecule has 3 aliphatic heterocycles. The van der Waals surface area contributed by atoms with Crippen molar-refractivity contribution in [3.63, 3.8) is 0 Å². The van der Waals surface area contributed by atoms with E-state index in [1.165, 1.54) is 10.5 Å². The number of unbranched alkanes of at least 4 members (excludes halogenated alkanes) is 1. The highest BCUT2D eigenvalue weighted by Gasteiger charge is 2.61. The van der Waals surface area contributed by atoms with Crippen molar-refractivity contribution in [2.24, 2.45) is 11.3 Å². The summed E-state index contributed by atoms with van der Waals surface area (Å²) in [5.74, 6) is -2.02. The Labute approximate surface area is 306 Å². The van der Waals surface area contributed by atoms with Gasteiger partial charge in [-0.2, -0.15) is 0 Å². The molecule has 3 fully saturated rings. The number of hydrogen-bond acceptors (Lipinski definition) is 8. The van der Waals surface area contributed by atoms with E-state index in [9.17, 15) is 32.4 Å². The number of nitrogens with one attached hydrogen (secondary N) is 2. The van der Waals surface area contributed by atoms with E-state index >= 15 is 0 Å². The van der Waals surface area contributed by atoms with Crippen LogP contribution in [0.15, 0.2) is 30.9 Å². The molecule has 2 aliphatic carbocycles. The number of allylic oxidation sites excluding steroid dienone is 1. The number of hydrogen-bond donors (Lipinski definition) is 2. The van der Waals surface area contributed by atoms with Crippen molar-refractivity contribution in [1.82, 2.24) is 24.7 Å². The fraction of sp³-hybridized carbons (Fsp3) is 0.658. The van der Waals surface area contributed by atoms with Crippen molar-refractivity contribution in [2.75, 3.05) is 20.1 Å². The predicted molar refractivity (Wildman–Crippen MR) is 193 cm³/mol. The minimum Gasteiger partial charge on any atom is -0.444 e. The van der Waals surface area contributed by atoms with Gasteiger partial charge in [0.25, 0.3) is 0 Å². The van der Waals surface area contributed by atoms with Gasteiger partial charge in [0.1, 0.15) is 12.1 Å². The van der Waals surface area contributed by atoms with Crippen LogP contribution in [0, 0.1) is 11.3 Å². The van der Waals surface area contributed by atoms with E-state index in [2.05, 4.69) is 22.7 Å². The number of fused-ring (bicyclic) bond motifs is 3. The van der Waals surface area contributed by atoms with E-state index in [-0.39, 0.29) is 31.8 Å². The third-order valence-corrected chi connectivity index (χ3v) is 13.4. The SMILES string of the molecule is C=C[C@@H]1C[C@]1(CC(=O)[C@@H]1C[C@@H]2CN1C(=O)[C@H](CCCC)NC(=O)N(C)CCCCCCc1cccc3c1CN(C3)C(=O)O2)C(=O)NS(=O)(=O)C1CC1. The van der Waals surface area contributed by atoms with E-state index in [1.807, 2.05) is 19.1 Å². The summed E-state index contributed by atoms with van der Waals surface area (Å²) in [6.07, 6.45) is 7.60. The molecule has 0 radical (unpaired) electrons. The standard InChI is InChI=1S/C38H53N5O8S/c1-4-6-15-31-34(45)43-23-28(19-32(43)33(44)21-38(20-27(38)5-2)35(46)40-52(49,50)29-16-17-29)51-37(48)42-22-26-14-11-13-25(30(26)24-42)12-9-7-8-10-18-41(3)36(47)39-31/h5,11,13-14,27-29,31-32H,2,4,6-10,12,15-24H2,1,3H3,(H,39,47)(H,40,46)/t27-,28-,31+,32+,38-/m1/s1. The number of Topliss-reactive ketones (excluding diaryl/α,β-unsaturated/α-hetero) is 1. The normalized spacial score (nSPS) is 28.6. The molecule has 14 heteroatoms. The number of carbonyl (C=O) groups excluding carboxylic acids is 5. The lowest BCUT2D eigenvalue weighted by atomic mass is 9.91. The molecule has 1 aromatic rings. The van der Waals surface area contributed by atoms with Crippen LogP contribution in [0.1, 0.15) is 101 Å². The summed E-state index contributed by atoms with van der Waals surface area (Å²) in [6.45, 7) is 7.09. The van der Waals surface area contributed by atoms with Gasteiger partial charge in [0, 0.05) is 39.5 Å². The van der Waals surface area contributed by atoms with Crippen molar-refractivity contribution >= 4 is 39.7 Å². The Morgan fingerprint density at radius 2 is 1.85 bits per heavy atom. The summed E-state index contributed by atoms with van der Waals surface area (Å²) in [7, 11) is -2.14. The van der Waals surface area contributed by atoms with Crippen LogP contribution in [0.4, 0.5) is 9.59 Å². The van der Waals surface area contributed by atoms with Crippen LogP contribution in [-0.2, 0) is 48.7 Å². The largest absolute Gasteiger partial charge is 0.444 e. The van der Waals surface area contributed by atoms with Gasteiger partial charge in [-0.15, -0.1) is 6.58 Å². The highest BCUT2D eigenvalue weighted by molar-refractivity contribution is 7.90. The Hall–Kier alpha value is -3.94. The second kappa shape index (κ2) is 15.6. The quantitative estimate of drug-likeness (QED) is 0.338. The predicted octanol–water partition coefficient (Wildman–Crippen LogP) is 4.18. The second-order valence-electron chi connectivity index (χ2n) is 15.4. The van der Waals surface area contributed by atoms with Crippen molar-refractivity contribution < 1.29 is 37.1 Å². The highest BCUT2D eigenvalue weighted by Crippen LogP contribution is 2.57. The Morgan fingerprint density at radius 3 is 2.56 bits per heavy atom. The van der Waals surface area contributed by atoms with Crippen molar-refractivity contribution in [3.8, 4) is 0 Å². The number of urea groups is 1. The summed E-state index contributed by atoms with van der Waals surface area (Å²) in [6, 6.07) is 3.81. The number of benzene rings is 1. The van der Waals surface area contributed by atoms with Crippen LogP contribution in [0.3, 0.4) is 0 Å². The van der Waals surface area contributed by atoms with Gasteiger partial charge in [-0.3, -0.25) is 24.0 Å². The molecule has 0 unspecified atom stereocenters. The molecule has 52 heavy (non-hydrogen) atoms. The van der Waals surface area contributed by atoms with Gasteiger partial charge in [-0.1, -0.05) is 56.9 Å². The molecule has 6 rings (SSSR count). The maximum Gasteiger partial charge on any atom is 0.410 e. The molecule has 5 atom stereocenters. The van der Waals surface area contributed by atoms with Crippen LogP contribution in [0.5, 0.6) is 0 Å². The fourth-order valence-electron chi connectivity index (χ4n) is 8.06. The fourth-order valence-corrected chi connectivity index (χ4v) is 9.44. The second-order valence-corrected chi connectivity index (χ2v) is 17.4. The third-order valence-electron chi connectivity index (χ3n) is 11.6. The molecule has 0 aromatic heterocycles. The van der Waals surface area contributed by atoms with E-state index in [4.69, 9.17) is 4.74 Å². The zero-order chi connectivity index (χ0) is 37.2. The monoisotopic (exact) mass is 739 g/mol. The molecule has 2 saturated carbocycles. The van der Waals surface area contributed by atoms with Gasteiger partial charge in [-0.05, 0) is 67.6 Å². The molecule has 5 amide bonds. The lowest BCUT2D eigenvalue weighted by Gasteiger charge is -2.30. The van der Waals surface area contributed by atoms with E-state index < -0.39 is 68.5 Å². The lowest BCUT2D eigenvalue weighted by molar-refractivity contribution is -0.140. The number of nitrogens with zero attached hydrogens (tertiary/aromatic N) is 3. The Bertz CT molecular complexity index is 1700. The number of amides is 5. The Kier molecular flexibility index (Phi) is 11.3. The summed E-state index contributed by atoms with van der Waals surface area (Å²) < 4.78 is 33.6. The molecule has 4 bridgehead atoms. The number of ether oxygens (including phenoxy) is 1. The van der Waals surface area contributed by atoms with Gasteiger partial charge in [0.2, 0.25) is 21.8 Å². The molecular formula is C38H53N5O8S. The minimum atomic E-state index is -3.85. The molecule has 2 N–H and O–H groups in total. The van der Waals surface area contributed by atoms with Gasteiger partial charge < -0.3 is 19.9 Å². The van der Waals surface area contributed by atoms with E-state index in [0.717, 1.165) is 49.7 Å². The van der Waals surface area contributed by atoms with Crippen LogP contribution in [0.25, 0.3) is 0 Å². The molecule has 13 nitrogen and oxygen atoms in total. The van der Waals surface area contributed by atoms with Gasteiger partial charge in [0.05, 0.1) is 23.3 Å². The maximum atomic E-state index is 14.4. The van der Waals surface area contributed by atoms with Crippen molar-refractivity contribution in [1.29, 1.82) is 0 Å². The molecule has 5 aliphatic rings. The average Bonchev–Trinajstić information content (AvgIpc) is 4.01. The van der Waals surface area contributed by atoms with Gasteiger partial charge in [-0.25, -0.2) is 18.0 Å². The first-order valence-electron chi connectivity index (χ1n) is 19.0. The van der Waals surface area contributed by atoms with Crippen LogP contribution >= 0.6 is 0 Å². The summed E-state index contributed by atoms with van der Waals surface area (Å²) >= 11 is 0. The topological polar surface area (TPSA) is 162 Å². The first-order valence-corrected chi connectivity index (χ1v) is 20.5. The molecule has 284 valence electrons. The zero-order valence-corrected chi connectivity index (χ0v) is 31.3. The van der Waals surface area contributed by atoms with E-state index in [1.54, 1.807) is 22.9 Å². The smallest absolute Gasteiger partial charge is 0.410 e. The first kappa shape index (κ1) is 37.8. The lowest BCUT2D eigenvalue weighted by Crippen LogP contribution is -2.54. The Morgan fingerprint density at radius 1 is 1.10 bits per heavy atom. The number of rotatable bonds is 10. The van der Waals surface area contributed by atoms with E-state index in [0.29, 0.717) is 45.3 Å². The first-order chi connectivity index (χ1) is 24.9. The summed E-state index contributed by atoms with van der Waals surface area (Å²) in [4.78, 5) is 73.8. The molecule has 0 spiro atoms. The number of aryl methyl sites for hydroxylation is 1. The Balaban J connectivity index is 1.26. The van der Waals surface area contributed by atoms with Crippen LogP contribution in [0.2, 0.25) is 0 Å². The van der Waals surface area contributed by atoms with Crippen molar-refractivity contribution in [2.45, 2.75) is 127 Å². The summed E-state index contributed by atoms with van der Waals surface area (Å²) in [5, 5.41) is 2.30. The van der Waals surface area contributed by atoms with Crippen LogP contribution < -0.4 is 10.0 Å². The molecular weight excluding hydrogens is 687 g/mol. The van der Waals surface area contributed by atoms with Gasteiger partial charge >= 0.3 is 12.1 Å². The molecule has 3 heterocycles. The third kappa shape index (κ3) is 8.16. The van der Waals surface area contributed by atoms with Crippen molar-refractivity contribution in [3.05, 3.63) is 47.5 Å². The average molecular weight is 740 g/mol.